The van der Waals surface area contributed by atoms with Crippen LogP contribution in [0, 0.1) is 0 Å². The van der Waals surface area contributed by atoms with E-state index in [9.17, 15) is 9.59 Å². The SMILES string of the molecule is CCCn1c(=O)n(CCC(=O)NCc2ccc3c(c2)CNC3)c2ccccc21. The van der Waals surface area contributed by atoms with Crippen molar-refractivity contribution in [2.45, 2.75) is 52.5 Å². The van der Waals surface area contributed by atoms with E-state index in [1.54, 1.807) is 9.13 Å². The molecule has 0 fully saturated rings. The zero-order chi connectivity index (χ0) is 19.5. The summed E-state index contributed by atoms with van der Waals surface area (Å²) in [5.74, 6) is -0.0437. The molecule has 2 aromatic carbocycles. The highest BCUT2D eigenvalue weighted by Crippen LogP contribution is 2.17. The molecule has 146 valence electrons. The van der Waals surface area contributed by atoms with Crippen LogP contribution in [0.3, 0.4) is 0 Å². The lowest BCUT2D eigenvalue weighted by Gasteiger charge is -2.08. The largest absolute Gasteiger partial charge is 0.352 e. The highest BCUT2D eigenvalue weighted by atomic mass is 16.2. The number of rotatable bonds is 7. The first-order valence-electron chi connectivity index (χ1n) is 9.93. The van der Waals surface area contributed by atoms with Gasteiger partial charge < -0.3 is 10.6 Å². The average molecular weight is 378 g/mol. The van der Waals surface area contributed by atoms with Crippen LogP contribution in [-0.4, -0.2) is 15.0 Å². The van der Waals surface area contributed by atoms with Gasteiger partial charge in [-0.25, -0.2) is 4.79 Å². The predicted octanol–water partition coefficient (Wildman–Crippen LogP) is 2.52. The molecule has 6 heteroatoms. The number of benzene rings is 2. The van der Waals surface area contributed by atoms with Gasteiger partial charge in [0.25, 0.3) is 0 Å². The summed E-state index contributed by atoms with van der Waals surface area (Å²) in [5, 5.41) is 6.31. The molecule has 0 saturated carbocycles. The molecule has 0 spiro atoms. The van der Waals surface area contributed by atoms with E-state index in [-0.39, 0.29) is 18.0 Å². The molecule has 0 atom stereocenters. The monoisotopic (exact) mass is 378 g/mol. The van der Waals surface area contributed by atoms with Crippen LogP contribution in [0.25, 0.3) is 11.0 Å². The zero-order valence-electron chi connectivity index (χ0n) is 16.2. The number of imidazole rings is 1. The van der Waals surface area contributed by atoms with Crippen LogP contribution >= 0.6 is 0 Å². The molecule has 2 heterocycles. The van der Waals surface area contributed by atoms with Crippen LogP contribution in [0.5, 0.6) is 0 Å². The smallest absolute Gasteiger partial charge is 0.329 e. The number of hydrogen-bond donors (Lipinski definition) is 2. The summed E-state index contributed by atoms with van der Waals surface area (Å²) < 4.78 is 3.51. The predicted molar refractivity (Wildman–Crippen MR) is 110 cm³/mol. The summed E-state index contributed by atoms with van der Waals surface area (Å²) in [6.45, 7) is 5.45. The topological polar surface area (TPSA) is 68.1 Å². The van der Waals surface area contributed by atoms with Crippen LogP contribution in [0.4, 0.5) is 0 Å². The van der Waals surface area contributed by atoms with Gasteiger partial charge in [0.05, 0.1) is 11.0 Å². The maximum Gasteiger partial charge on any atom is 0.329 e. The van der Waals surface area contributed by atoms with Crippen molar-refractivity contribution in [2.75, 3.05) is 0 Å². The molecule has 0 unspecified atom stereocenters. The maximum absolute atomic E-state index is 12.8. The second-order valence-corrected chi connectivity index (χ2v) is 7.31. The highest BCUT2D eigenvalue weighted by Gasteiger charge is 2.14. The van der Waals surface area contributed by atoms with E-state index >= 15 is 0 Å². The molecule has 0 aliphatic carbocycles. The lowest BCUT2D eigenvalue weighted by molar-refractivity contribution is -0.121. The highest BCUT2D eigenvalue weighted by molar-refractivity contribution is 5.78. The van der Waals surface area contributed by atoms with Crippen LogP contribution in [0.2, 0.25) is 0 Å². The van der Waals surface area contributed by atoms with Crippen molar-refractivity contribution >= 4 is 16.9 Å². The molecule has 0 saturated heterocycles. The molecule has 1 aliphatic heterocycles. The molecular weight excluding hydrogens is 352 g/mol. The maximum atomic E-state index is 12.8. The van der Waals surface area contributed by atoms with Gasteiger partial charge in [-0.1, -0.05) is 37.3 Å². The fourth-order valence-electron chi connectivity index (χ4n) is 3.89. The van der Waals surface area contributed by atoms with Gasteiger partial charge in [-0.05, 0) is 35.2 Å². The standard InChI is InChI=1S/C22H26N4O2/c1-2-10-25-19-5-3-4-6-20(19)26(22(25)28)11-9-21(27)24-13-16-7-8-17-14-23-15-18(17)12-16/h3-8,12,23H,2,9-11,13-15H2,1H3,(H,24,27). The number of aryl methyl sites for hydroxylation is 2. The zero-order valence-corrected chi connectivity index (χ0v) is 16.2. The summed E-state index contributed by atoms with van der Waals surface area (Å²) in [6, 6.07) is 14.1. The minimum Gasteiger partial charge on any atom is -0.352 e. The third-order valence-electron chi connectivity index (χ3n) is 5.33. The fraction of sp³-hybridized carbons (Fsp3) is 0.364. The van der Waals surface area contributed by atoms with E-state index in [0.717, 1.165) is 36.1 Å². The van der Waals surface area contributed by atoms with Crippen molar-refractivity contribution < 1.29 is 4.79 Å². The Labute approximate surface area is 164 Å². The van der Waals surface area contributed by atoms with E-state index in [4.69, 9.17) is 0 Å². The first-order valence-corrected chi connectivity index (χ1v) is 9.93. The van der Waals surface area contributed by atoms with Crippen molar-refractivity contribution in [3.8, 4) is 0 Å². The molecular formula is C22H26N4O2. The normalized spacial score (nSPS) is 13.0. The Morgan fingerprint density at radius 3 is 2.50 bits per heavy atom. The number of fused-ring (bicyclic) bond motifs is 2. The number of hydrogen-bond acceptors (Lipinski definition) is 3. The molecule has 1 aromatic heterocycles. The first kappa shape index (κ1) is 18.5. The number of nitrogens with one attached hydrogen (secondary N) is 2. The van der Waals surface area contributed by atoms with Crippen molar-refractivity contribution in [3.63, 3.8) is 0 Å². The van der Waals surface area contributed by atoms with Gasteiger partial charge >= 0.3 is 5.69 Å². The van der Waals surface area contributed by atoms with E-state index in [1.807, 2.05) is 24.3 Å². The molecule has 3 aromatic rings. The second-order valence-electron chi connectivity index (χ2n) is 7.31. The van der Waals surface area contributed by atoms with E-state index in [1.165, 1.54) is 11.1 Å². The Kier molecular flexibility index (Phi) is 5.30. The number of aromatic nitrogens is 2. The number of nitrogens with zero attached hydrogens (tertiary/aromatic N) is 2. The van der Waals surface area contributed by atoms with Crippen molar-refractivity contribution in [1.82, 2.24) is 19.8 Å². The lowest BCUT2D eigenvalue weighted by Crippen LogP contribution is -2.28. The van der Waals surface area contributed by atoms with Crippen LogP contribution in [-0.2, 0) is 37.5 Å². The van der Waals surface area contributed by atoms with Crippen LogP contribution in [0.1, 0.15) is 36.5 Å². The summed E-state index contributed by atoms with van der Waals surface area (Å²) in [6.07, 6.45) is 1.18. The number of amides is 1. The number of para-hydroxylation sites is 2. The van der Waals surface area contributed by atoms with Crippen molar-refractivity contribution in [1.29, 1.82) is 0 Å². The first-order chi connectivity index (χ1) is 13.7. The summed E-state index contributed by atoms with van der Waals surface area (Å²) in [5.41, 5.74) is 5.52. The summed E-state index contributed by atoms with van der Waals surface area (Å²) in [7, 11) is 0. The minimum absolute atomic E-state index is 0.0398. The van der Waals surface area contributed by atoms with Gasteiger partial charge in [-0.2, -0.15) is 0 Å². The number of carbonyl (C=O) groups is 1. The van der Waals surface area contributed by atoms with Gasteiger partial charge in [-0.3, -0.25) is 13.9 Å². The summed E-state index contributed by atoms with van der Waals surface area (Å²) in [4.78, 5) is 25.1. The van der Waals surface area contributed by atoms with E-state index in [0.29, 0.717) is 19.6 Å². The Bertz CT molecular complexity index is 1060. The molecule has 0 radical (unpaired) electrons. The molecule has 1 aliphatic rings. The summed E-state index contributed by atoms with van der Waals surface area (Å²) >= 11 is 0. The van der Waals surface area contributed by atoms with Crippen molar-refractivity contribution in [3.05, 3.63) is 69.6 Å². The molecule has 1 amide bonds. The second kappa shape index (κ2) is 8.02. The molecule has 6 nitrogen and oxygen atoms in total. The number of carbonyl (C=O) groups excluding carboxylic acids is 1. The quantitative estimate of drug-likeness (QED) is 0.664. The molecule has 2 N–H and O–H groups in total. The minimum atomic E-state index is -0.0437. The van der Waals surface area contributed by atoms with Gasteiger partial charge in [0.2, 0.25) is 5.91 Å². The Balaban J connectivity index is 1.41. The van der Waals surface area contributed by atoms with Crippen LogP contribution < -0.4 is 16.3 Å². The third-order valence-corrected chi connectivity index (χ3v) is 5.33. The molecule has 28 heavy (non-hydrogen) atoms. The van der Waals surface area contributed by atoms with E-state index in [2.05, 4.69) is 35.8 Å². The van der Waals surface area contributed by atoms with Gasteiger partial charge in [0, 0.05) is 39.1 Å². The van der Waals surface area contributed by atoms with Gasteiger partial charge in [0.15, 0.2) is 0 Å². The lowest BCUT2D eigenvalue weighted by atomic mass is 10.1. The fourth-order valence-corrected chi connectivity index (χ4v) is 3.89. The molecule has 0 bridgehead atoms. The van der Waals surface area contributed by atoms with E-state index < -0.39 is 0 Å². The van der Waals surface area contributed by atoms with Crippen LogP contribution in [0.15, 0.2) is 47.3 Å². The average Bonchev–Trinajstić information content (AvgIpc) is 3.28. The third kappa shape index (κ3) is 3.60. The van der Waals surface area contributed by atoms with Crippen molar-refractivity contribution in [2.24, 2.45) is 0 Å². The molecule has 4 rings (SSSR count). The Morgan fingerprint density at radius 2 is 1.75 bits per heavy atom. The van der Waals surface area contributed by atoms with Gasteiger partial charge in [0.1, 0.15) is 0 Å². The Morgan fingerprint density at radius 1 is 1.04 bits per heavy atom. The van der Waals surface area contributed by atoms with Gasteiger partial charge in [-0.15, -0.1) is 0 Å². The Hall–Kier alpha value is -2.86.